The molecule has 4 rings (SSSR count). The minimum atomic E-state index is -0.426. The van der Waals surface area contributed by atoms with Gasteiger partial charge in [0.2, 0.25) is 0 Å². The number of carbonyl (C=O) groups excluding carboxylic acids is 1. The van der Waals surface area contributed by atoms with Crippen LogP contribution in [-0.2, 0) is 6.61 Å². The van der Waals surface area contributed by atoms with Crippen LogP contribution in [-0.4, -0.2) is 23.5 Å². The third kappa shape index (κ3) is 5.48. The van der Waals surface area contributed by atoms with Gasteiger partial charge >= 0.3 is 0 Å². The first-order valence-corrected chi connectivity index (χ1v) is 11.7. The highest BCUT2D eigenvalue weighted by Gasteiger charge is 2.09. The second-order valence-corrected chi connectivity index (χ2v) is 8.49. The van der Waals surface area contributed by atoms with Crippen LogP contribution in [0.25, 0.3) is 10.8 Å². The molecule has 0 saturated carbocycles. The normalized spacial score (nSPS) is 11.1. The van der Waals surface area contributed by atoms with Crippen LogP contribution in [0.15, 0.2) is 88.9 Å². The molecule has 0 atom stereocenters. The zero-order chi connectivity index (χ0) is 23.2. The van der Waals surface area contributed by atoms with Gasteiger partial charge in [-0.1, -0.05) is 48.0 Å². The van der Waals surface area contributed by atoms with Crippen molar-refractivity contribution >= 4 is 46.3 Å². The molecule has 0 heterocycles. The largest absolute Gasteiger partial charge is 0.506 e. The van der Waals surface area contributed by atoms with Crippen molar-refractivity contribution in [3.63, 3.8) is 0 Å². The van der Waals surface area contributed by atoms with Crippen LogP contribution in [0.3, 0.4) is 0 Å². The van der Waals surface area contributed by atoms with E-state index in [1.165, 1.54) is 23.1 Å². The molecule has 0 fully saturated rings. The predicted octanol–water partition coefficient (Wildman–Crippen LogP) is 6.26. The summed E-state index contributed by atoms with van der Waals surface area (Å²) in [5.41, 5.74) is 4.72. The van der Waals surface area contributed by atoms with Gasteiger partial charge in [-0.15, -0.1) is 11.8 Å². The average molecular weight is 477 g/mol. The number of thioether (sulfide) groups is 1. The Bertz CT molecular complexity index is 1320. The predicted molar refractivity (Wildman–Crippen MR) is 135 cm³/mol. The summed E-state index contributed by atoms with van der Waals surface area (Å²) in [6.45, 7) is 0.470. The first-order chi connectivity index (χ1) is 16.0. The molecule has 0 aromatic heterocycles. The van der Waals surface area contributed by atoms with E-state index in [0.29, 0.717) is 12.2 Å². The lowest BCUT2D eigenvalue weighted by Gasteiger charge is -2.11. The molecule has 0 aliphatic rings. The number of hydrazone groups is 1. The molecule has 4 aromatic carbocycles. The summed E-state index contributed by atoms with van der Waals surface area (Å²) in [5.74, 6) is 0.270. The fourth-order valence-corrected chi connectivity index (χ4v) is 3.88. The van der Waals surface area contributed by atoms with Gasteiger partial charge in [-0.2, -0.15) is 5.10 Å². The number of phenolic OH excluding ortho intramolecular Hbond substituents is 1. The lowest BCUT2D eigenvalue weighted by molar-refractivity contribution is 0.0955. The van der Waals surface area contributed by atoms with E-state index in [-0.39, 0.29) is 10.8 Å². The minimum absolute atomic E-state index is 0.0810. The molecule has 0 unspecified atom stereocenters. The van der Waals surface area contributed by atoms with E-state index in [1.807, 2.05) is 36.4 Å². The number of ether oxygens (including phenoxy) is 1. The van der Waals surface area contributed by atoms with Crippen molar-refractivity contribution in [3.8, 4) is 11.5 Å². The Balaban J connectivity index is 1.49. The summed E-state index contributed by atoms with van der Waals surface area (Å²) >= 11 is 7.57. The van der Waals surface area contributed by atoms with Crippen molar-refractivity contribution < 1.29 is 14.6 Å². The molecule has 0 radical (unpaired) electrons. The van der Waals surface area contributed by atoms with Crippen molar-refractivity contribution in [2.75, 3.05) is 6.26 Å². The van der Waals surface area contributed by atoms with Crippen molar-refractivity contribution in [1.82, 2.24) is 5.43 Å². The molecule has 0 aliphatic carbocycles. The highest BCUT2D eigenvalue weighted by molar-refractivity contribution is 7.98. The van der Waals surface area contributed by atoms with Crippen LogP contribution < -0.4 is 10.2 Å². The number of phenols is 1. The maximum absolute atomic E-state index is 12.3. The first-order valence-electron chi connectivity index (χ1n) is 10.1. The maximum Gasteiger partial charge on any atom is 0.271 e. The second-order valence-electron chi connectivity index (χ2n) is 7.20. The standard InChI is InChI=1S/C26H21ClN2O3S/c1-33-20-10-6-17(7-11-20)16-32-25-13-9-19(21-4-2-3-5-22(21)25)15-28-29-26(31)18-8-12-24(30)23(27)14-18/h2-15,30H,16H2,1H3,(H,29,31). The van der Waals surface area contributed by atoms with E-state index in [2.05, 4.69) is 41.0 Å². The highest BCUT2D eigenvalue weighted by atomic mass is 35.5. The van der Waals surface area contributed by atoms with Gasteiger partial charge < -0.3 is 9.84 Å². The Labute approximate surface area is 201 Å². The van der Waals surface area contributed by atoms with Gasteiger partial charge in [0.1, 0.15) is 18.1 Å². The molecule has 0 aliphatic heterocycles. The molecule has 2 N–H and O–H groups in total. The SMILES string of the molecule is CSc1ccc(COc2ccc(C=NNC(=O)c3ccc(O)c(Cl)c3)c3ccccc23)cc1. The number of halogens is 1. The molecule has 7 heteroatoms. The van der Waals surface area contributed by atoms with Crippen LogP contribution in [0.2, 0.25) is 5.02 Å². The van der Waals surface area contributed by atoms with Gasteiger partial charge in [-0.25, -0.2) is 5.43 Å². The van der Waals surface area contributed by atoms with Gasteiger partial charge in [-0.3, -0.25) is 4.79 Å². The summed E-state index contributed by atoms with van der Waals surface area (Å²) in [7, 11) is 0. The van der Waals surface area contributed by atoms with E-state index in [4.69, 9.17) is 16.3 Å². The molecular weight excluding hydrogens is 456 g/mol. The number of hydrogen-bond donors (Lipinski definition) is 2. The quantitative estimate of drug-likeness (QED) is 0.187. The van der Waals surface area contributed by atoms with Crippen LogP contribution in [0.1, 0.15) is 21.5 Å². The number of hydrogen-bond acceptors (Lipinski definition) is 5. The molecule has 0 spiro atoms. The Morgan fingerprint density at radius 2 is 1.82 bits per heavy atom. The van der Waals surface area contributed by atoms with Gasteiger partial charge in [0.25, 0.3) is 5.91 Å². The molecule has 166 valence electrons. The molecular formula is C26H21ClN2O3S. The van der Waals surface area contributed by atoms with E-state index < -0.39 is 5.91 Å². The lowest BCUT2D eigenvalue weighted by atomic mass is 10.0. The third-order valence-electron chi connectivity index (χ3n) is 5.05. The van der Waals surface area contributed by atoms with Crippen LogP contribution in [0, 0.1) is 0 Å². The first kappa shape index (κ1) is 22.7. The van der Waals surface area contributed by atoms with Crippen molar-refractivity contribution in [2.24, 2.45) is 5.10 Å². The summed E-state index contributed by atoms with van der Waals surface area (Å²) in [4.78, 5) is 13.5. The average Bonchev–Trinajstić information content (AvgIpc) is 2.85. The number of nitrogens with zero attached hydrogens (tertiary/aromatic N) is 1. The molecule has 5 nitrogen and oxygen atoms in total. The Morgan fingerprint density at radius 1 is 1.06 bits per heavy atom. The summed E-state index contributed by atoms with van der Waals surface area (Å²) in [6, 6.07) is 24.2. The number of amides is 1. The van der Waals surface area contributed by atoms with Crippen molar-refractivity contribution in [3.05, 3.63) is 101 Å². The smallest absolute Gasteiger partial charge is 0.271 e. The van der Waals surface area contributed by atoms with E-state index in [1.54, 1.807) is 18.0 Å². The zero-order valence-corrected chi connectivity index (χ0v) is 19.4. The second kappa shape index (κ2) is 10.4. The van der Waals surface area contributed by atoms with E-state index in [0.717, 1.165) is 27.6 Å². The van der Waals surface area contributed by atoms with Gasteiger partial charge in [0.05, 0.1) is 11.2 Å². The van der Waals surface area contributed by atoms with E-state index >= 15 is 0 Å². The molecule has 0 bridgehead atoms. The fourth-order valence-electron chi connectivity index (χ4n) is 3.29. The number of carbonyl (C=O) groups is 1. The number of rotatable bonds is 7. The Kier molecular flexibility index (Phi) is 7.17. The fraction of sp³-hybridized carbons (Fsp3) is 0.0769. The van der Waals surface area contributed by atoms with E-state index in [9.17, 15) is 9.90 Å². The topological polar surface area (TPSA) is 70.9 Å². The van der Waals surface area contributed by atoms with Crippen molar-refractivity contribution in [2.45, 2.75) is 11.5 Å². The number of benzene rings is 4. The van der Waals surface area contributed by atoms with Gasteiger partial charge in [-0.05, 0) is 59.7 Å². The molecule has 0 saturated heterocycles. The monoisotopic (exact) mass is 476 g/mol. The summed E-state index contributed by atoms with van der Waals surface area (Å²) in [5, 5.41) is 15.6. The van der Waals surface area contributed by atoms with Crippen LogP contribution in [0.4, 0.5) is 0 Å². The Morgan fingerprint density at radius 3 is 2.55 bits per heavy atom. The Hall–Kier alpha value is -3.48. The number of aromatic hydroxyl groups is 1. The molecule has 1 amide bonds. The summed E-state index contributed by atoms with van der Waals surface area (Å²) in [6.07, 6.45) is 3.64. The zero-order valence-electron chi connectivity index (χ0n) is 17.8. The van der Waals surface area contributed by atoms with Gasteiger partial charge in [0, 0.05) is 21.4 Å². The maximum atomic E-state index is 12.3. The molecule has 33 heavy (non-hydrogen) atoms. The van der Waals surface area contributed by atoms with Crippen LogP contribution in [0.5, 0.6) is 11.5 Å². The number of nitrogens with one attached hydrogen (secondary N) is 1. The number of fused-ring (bicyclic) bond motifs is 1. The lowest BCUT2D eigenvalue weighted by Crippen LogP contribution is -2.17. The summed E-state index contributed by atoms with van der Waals surface area (Å²) < 4.78 is 6.10. The van der Waals surface area contributed by atoms with Crippen molar-refractivity contribution in [1.29, 1.82) is 0 Å². The third-order valence-corrected chi connectivity index (χ3v) is 6.10. The van der Waals surface area contributed by atoms with Crippen LogP contribution >= 0.6 is 23.4 Å². The highest BCUT2D eigenvalue weighted by Crippen LogP contribution is 2.29. The molecule has 4 aromatic rings. The van der Waals surface area contributed by atoms with Gasteiger partial charge in [0.15, 0.2) is 0 Å². The minimum Gasteiger partial charge on any atom is -0.506 e.